The van der Waals surface area contributed by atoms with Crippen LogP contribution in [0.15, 0.2) is 15.8 Å². The van der Waals surface area contributed by atoms with E-state index in [4.69, 9.17) is 14.2 Å². The number of hydrogen-bond acceptors (Lipinski definition) is 7. The Bertz CT molecular complexity index is 796. The van der Waals surface area contributed by atoms with E-state index in [1.165, 1.54) is 13.1 Å². The van der Waals surface area contributed by atoms with Crippen molar-refractivity contribution in [2.24, 2.45) is 0 Å². The van der Waals surface area contributed by atoms with Gasteiger partial charge < -0.3 is 19.3 Å². The number of rotatable bonds is 3. The van der Waals surface area contributed by atoms with Crippen LogP contribution in [0.4, 0.5) is 0 Å². The summed E-state index contributed by atoms with van der Waals surface area (Å²) < 4.78 is 17.0. The number of H-pyrrole nitrogens is 1. The molecule has 0 spiro atoms. The lowest BCUT2D eigenvalue weighted by Crippen LogP contribution is -2.50. The van der Waals surface area contributed by atoms with Crippen molar-refractivity contribution in [3.8, 4) is 0 Å². The Balaban J connectivity index is 2.06. The average molecular weight is 326 g/mol. The molecule has 1 aromatic rings. The Kier molecular flexibility index (Phi) is 3.38. The summed E-state index contributed by atoms with van der Waals surface area (Å²) >= 11 is 0. The van der Waals surface area contributed by atoms with Gasteiger partial charge in [-0.1, -0.05) is 0 Å². The van der Waals surface area contributed by atoms with Crippen LogP contribution in [0, 0.1) is 6.92 Å². The van der Waals surface area contributed by atoms with Crippen LogP contribution in [0.25, 0.3) is 0 Å². The molecule has 2 aliphatic heterocycles. The predicted octanol–water partition coefficient (Wildman–Crippen LogP) is -1.47. The smallest absolute Gasteiger partial charge is 0.342 e. The molecule has 1 unspecified atom stereocenters. The summed E-state index contributed by atoms with van der Waals surface area (Å²) in [6, 6.07) is 0. The van der Waals surface area contributed by atoms with Crippen molar-refractivity contribution < 1.29 is 28.9 Å². The second-order valence-electron chi connectivity index (χ2n) is 5.49. The molecular formula is C13H14N2O8. The quantitative estimate of drug-likeness (QED) is 0.642. The van der Waals surface area contributed by atoms with Gasteiger partial charge in [-0.2, -0.15) is 0 Å². The number of aromatic nitrogens is 2. The number of carbonyl (C=O) groups is 2. The second-order valence-corrected chi connectivity index (χ2v) is 5.49. The third-order valence-corrected chi connectivity index (χ3v) is 3.94. The summed E-state index contributed by atoms with van der Waals surface area (Å²) in [5.41, 5.74) is -2.97. The molecule has 2 aliphatic rings. The van der Waals surface area contributed by atoms with E-state index < -0.39 is 47.2 Å². The number of nitrogens with zero attached hydrogens (tertiary/aromatic N) is 1. The van der Waals surface area contributed by atoms with Crippen LogP contribution in [0.1, 0.15) is 18.7 Å². The van der Waals surface area contributed by atoms with Gasteiger partial charge in [0.15, 0.2) is 12.3 Å². The van der Waals surface area contributed by atoms with Gasteiger partial charge >= 0.3 is 17.6 Å². The zero-order valence-electron chi connectivity index (χ0n) is 12.3. The van der Waals surface area contributed by atoms with Crippen LogP contribution >= 0.6 is 0 Å². The normalized spacial score (nSPS) is 32.0. The number of aromatic amines is 1. The molecule has 2 bridgehead atoms. The first kappa shape index (κ1) is 15.4. The fourth-order valence-corrected chi connectivity index (χ4v) is 2.84. The highest BCUT2D eigenvalue weighted by Gasteiger charge is 2.68. The maximum Gasteiger partial charge on any atom is 0.342 e. The lowest BCUT2D eigenvalue weighted by atomic mass is 9.99. The average Bonchev–Trinajstić information content (AvgIpc) is 2.96. The van der Waals surface area contributed by atoms with Gasteiger partial charge in [-0.3, -0.25) is 19.1 Å². The Morgan fingerprint density at radius 2 is 2.17 bits per heavy atom. The van der Waals surface area contributed by atoms with E-state index in [9.17, 15) is 24.3 Å². The number of carboxylic acid groups (broad SMARTS) is 1. The van der Waals surface area contributed by atoms with Crippen molar-refractivity contribution in [3.63, 3.8) is 0 Å². The molecule has 23 heavy (non-hydrogen) atoms. The van der Waals surface area contributed by atoms with Crippen LogP contribution in [0.2, 0.25) is 0 Å². The minimum absolute atomic E-state index is 0.240. The van der Waals surface area contributed by atoms with Crippen molar-refractivity contribution in [2.75, 3.05) is 6.61 Å². The van der Waals surface area contributed by atoms with E-state index in [0.717, 1.165) is 11.5 Å². The van der Waals surface area contributed by atoms with E-state index in [0.29, 0.717) is 0 Å². The highest BCUT2D eigenvalue weighted by molar-refractivity contribution is 5.81. The monoisotopic (exact) mass is 326 g/mol. The van der Waals surface area contributed by atoms with Crippen LogP contribution in [0.3, 0.4) is 0 Å². The van der Waals surface area contributed by atoms with Crippen molar-refractivity contribution in [2.45, 2.75) is 37.9 Å². The Hall–Kier alpha value is -2.46. The highest BCUT2D eigenvalue weighted by atomic mass is 16.7. The van der Waals surface area contributed by atoms with Gasteiger partial charge in [-0.05, 0) is 6.92 Å². The van der Waals surface area contributed by atoms with Gasteiger partial charge in [0.25, 0.3) is 5.56 Å². The number of carbonyl (C=O) groups excluding carboxylic acids is 1. The minimum atomic E-state index is -1.88. The molecule has 2 N–H and O–H groups in total. The minimum Gasteiger partial charge on any atom is -0.479 e. The summed E-state index contributed by atoms with van der Waals surface area (Å²) in [5, 5.41) is 9.46. The molecule has 2 saturated heterocycles. The van der Waals surface area contributed by atoms with Crippen LogP contribution < -0.4 is 11.2 Å². The number of ether oxygens (including phenoxy) is 3. The van der Waals surface area contributed by atoms with Crippen LogP contribution in [-0.4, -0.2) is 51.0 Å². The second kappa shape index (κ2) is 5.03. The largest absolute Gasteiger partial charge is 0.479 e. The molecule has 0 radical (unpaired) electrons. The fraction of sp³-hybridized carbons (Fsp3) is 0.538. The van der Waals surface area contributed by atoms with E-state index >= 15 is 0 Å². The molecule has 0 amide bonds. The molecule has 0 aliphatic carbocycles. The molecule has 10 nitrogen and oxygen atoms in total. The molecule has 0 aromatic carbocycles. The van der Waals surface area contributed by atoms with Gasteiger partial charge in [-0.15, -0.1) is 0 Å². The number of hydrogen-bond donors (Lipinski definition) is 2. The molecule has 2 fully saturated rings. The summed E-state index contributed by atoms with van der Waals surface area (Å²) in [6.07, 6.45) is -2.05. The summed E-state index contributed by atoms with van der Waals surface area (Å²) in [7, 11) is 0. The standard InChI is InChI=1S/C13H14N2O8/c1-5-3-15(12(20)14-9(5)17)10-7-8(22-6(2)16)13(23-10,4-21-7)11(18)19/h3,7-8,10H,4H2,1-2H3,(H,18,19)(H,14,17,20)/t7?,8-,10+,13-/m0/s1. The van der Waals surface area contributed by atoms with Gasteiger partial charge in [0.2, 0.25) is 5.60 Å². The summed E-state index contributed by atoms with van der Waals surface area (Å²) in [5.74, 6) is -2.05. The first-order chi connectivity index (χ1) is 10.8. The van der Waals surface area contributed by atoms with Gasteiger partial charge in [0.1, 0.15) is 6.10 Å². The zero-order chi connectivity index (χ0) is 16.9. The van der Waals surface area contributed by atoms with E-state index in [-0.39, 0.29) is 12.2 Å². The number of fused-ring (bicyclic) bond motifs is 2. The number of carboxylic acids is 1. The van der Waals surface area contributed by atoms with Crippen molar-refractivity contribution >= 4 is 11.9 Å². The molecular weight excluding hydrogens is 312 g/mol. The predicted molar refractivity (Wildman–Crippen MR) is 71.8 cm³/mol. The van der Waals surface area contributed by atoms with E-state index in [1.807, 2.05) is 0 Å². The lowest BCUT2D eigenvalue weighted by Gasteiger charge is -2.27. The third kappa shape index (κ3) is 2.18. The number of nitrogens with one attached hydrogen (secondary N) is 1. The molecule has 124 valence electrons. The van der Waals surface area contributed by atoms with Gasteiger partial charge in [0, 0.05) is 18.7 Å². The molecule has 3 heterocycles. The number of aryl methyl sites for hydroxylation is 1. The van der Waals surface area contributed by atoms with Crippen LogP contribution in [0.5, 0.6) is 0 Å². The maximum atomic E-state index is 12.0. The third-order valence-electron chi connectivity index (χ3n) is 3.94. The number of esters is 1. The topological polar surface area (TPSA) is 137 Å². The van der Waals surface area contributed by atoms with Crippen molar-refractivity contribution in [1.82, 2.24) is 9.55 Å². The molecule has 3 rings (SSSR count). The van der Waals surface area contributed by atoms with Crippen LogP contribution in [-0.2, 0) is 23.8 Å². The Morgan fingerprint density at radius 1 is 1.48 bits per heavy atom. The van der Waals surface area contributed by atoms with Crippen molar-refractivity contribution in [1.29, 1.82) is 0 Å². The van der Waals surface area contributed by atoms with Gasteiger partial charge in [0.05, 0.1) is 6.61 Å². The van der Waals surface area contributed by atoms with E-state index in [2.05, 4.69) is 4.98 Å². The first-order valence-electron chi connectivity index (χ1n) is 6.78. The highest BCUT2D eigenvalue weighted by Crippen LogP contribution is 2.46. The Morgan fingerprint density at radius 3 is 2.78 bits per heavy atom. The molecule has 10 heteroatoms. The first-order valence-corrected chi connectivity index (χ1v) is 6.78. The zero-order valence-corrected chi connectivity index (χ0v) is 12.3. The summed E-state index contributed by atoms with van der Waals surface area (Å²) in [4.78, 5) is 48.4. The fourth-order valence-electron chi connectivity index (χ4n) is 2.84. The van der Waals surface area contributed by atoms with E-state index in [1.54, 1.807) is 0 Å². The molecule has 4 atom stereocenters. The van der Waals surface area contributed by atoms with Gasteiger partial charge in [-0.25, -0.2) is 9.59 Å². The molecule has 0 saturated carbocycles. The molecule has 1 aromatic heterocycles. The summed E-state index contributed by atoms with van der Waals surface area (Å²) in [6.45, 7) is 2.32. The SMILES string of the molecule is CC(=O)O[C@H]1C2OC[C@]1(C(=O)O)O[C@H]2n1cc(C)c(=O)[nH]c1=O. The maximum absolute atomic E-state index is 12.0. The number of aliphatic carboxylic acids is 1. The Labute approximate surface area is 128 Å². The lowest BCUT2D eigenvalue weighted by molar-refractivity contribution is -0.200. The van der Waals surface area contributed by atoms with Crippen molar-refractivity contribution in [3.05, 3.63) is 32.6 Å².